The fourth-order valence-corrected chi connectivity index (χ4v) is 4.75. The quantitative estimate of drug-likeness (QED) is 0.436. The third-order valence-corrected chi connectivity index (χ3v) is 6.78. The Morgan fingerprint density at radius 1 is 1.00 bits per heavy atom. The molecule has 1 saturated heterocycles. The van der Waals surface area contributed by atoms with E-state index in [9.17, 15) is 0 Å². The fraction of sp³-hybridized carbons (Fsp3) is 0.423. The maximum absolute atomic E-state index is 6.15. The third-order valence-electron chi connectivity index (χ3n) is 6.55. The van der Waals surface area contributed by atoms with Gasteiger partial charge in [0, 0.05) is 48.5 Å². The number of piperazine rings is 1. The van der Waals surface area contributed by atoms with Gasteiger partial charge in [-0.25, -0.2) is 0 Å². The van der Waals surface area contributed by atoms with Gasteiger partial charge in [0.1, 0.15) is 5.69 Å². The molecule has 0 unspecified atom stereocenters. The van der Waals surface area contributed by atoms with Gasteiger partial charge in [-0.3, -0.25) is 9.80 Å². The number of ether oxygens (including phenoxy) is 2. The SMILES string of the molecule is CCN(CCCN1CCN(c2cccc(Cl)c2)CC1)Cc1cc(-c2ccc3c(c2)OCO3)no1. The average Bonchev–Trinajstić information content (AvgIpc) is 3.53. The molecule has 5 rings (SSSR count). The fourth-order valence-electron chi connectivity index (χ4n) is 4.57. The molecular formula is C26H31ClN4O3. The van der Waals surface area contributed by atoms with Crippen LogP contribution in [0.25, 0.3) is 11.3 Å². The first-order valence-electron chi connectivity index (χ1n) is 12.0. The van der Waals surface area contributed by atoms with Gasteiger partial charge >= 0.3 is 0 Å². The molecule has 1 aromatic heterocycles. The molecule has 3 aromatic rings. The highest BCUT2D eigenvalue weighted by Gasteiger charge is 2.19. The summed E-state index contributed by atoms with van der Waals surface area (Å²) in [7, 11) is 0. The summed E-state index contributed by atoms with van der Waals surface area (Å²) in [5, 5.41) is 5.07. The highest BCUT2D eigenvalue weighted by molar-refractivity contribution is 6.30. The van der Waals surface area contributed by atoms with Gasteiger partial charge in [0.05, 0.1) is 6.54 Å². The normalized spacial score (nSPS) is 15.9. The van der Waals surface area contributed by atoms with Crippen LogP contribution in [0.5, 0.6) is 11.5 Å². The molecule has 180 valence electrons. The highest BCUT2D eigenvalue weighted by atomic mass is 35.5. The van der Waals surface area contributed by atoms with Crippen molar-refractivity contribution in [1.29, 1.82) is 0 Å². The van der Waals surface area contributed by atoms with E-state index >= 15 is 0 Å². The molecule has 34 heavy (non-hydrogen) atoms. The largest absolute Gasteiger partial charge is 0.454 e. The first kappa shape index (κ1) is 23.0. The lowest BCUT2D eigenvalue weighted by molar-refractivity contribution is 0.174. The molecule has 8 heteroatoms. The number of anilines is 1. The molecule has 0 aliphatic carbocycles. The monoisotopic (exact) mass is 482 g/mol. The Morgan fingerprint density at radius 2 is 1.85 bits per heavy atom. The molecule has 0 bridgehead atoms. The summed E-state index contributed by atoms with van der Waals surface area (Å²) in [6, 6.07) is 16.0. The Hall–Kier alpha value is -2.74. The zero-order chi connectivity index (χ0) is 23.3. The predicted molar refractivity (Wildman–Crippen MR) is 134 cm³/mol. The third kappa shape index (κ3) is 5.49. The van der Waals surface area contributed by atoms with E-state index in [4.69, 9.17) is 25.6 Å². The minimum Gasteiger partial charge on any atom is -0.454 e. The Balaban J connectivity index is 1.07. The smallest absolute Gasteiger partial charge is 0.231 e. The van der Waals surface area contributed by atoms with Crippen LogP contribution >= 0.6 is 11.6 Å². The van der Waals surface area contributed by atoms with Gasteiger partial charge in [-0.15, -0.1) is 0 Å². The Labute approximate surface area is 205 Å². The van der Waals surface area contributed by atoms with Crippen molar-refractivity contribution in [3.8, 4) is 22.8 Å². The van der Waals surface area contributed by atoms with E-state index in [-0.39, 0.29) is 6.79 Å². The van der Waals surface area contributed by atoms with E-state index in [0.29, 0.717) is 0 Å². The van der Waals surface area contributed by atoms with Gasteiger partial charge in [-0.2, -0.15) is 0 Å². The lowest BCUT2D eigenvalue weighted by atomic mass is 10.1. The molecule has 0 N–H and O–H groups in total. The standard InChI is InChI=1S/C26H31ClN4O3/c1-2-29(9-4-10-30-11-13-31(14-12-30)22-6-3-5-21(27)16-22)18-23-17-24(28-34-23)20-7-8-25-26(15-20)33-19-32-25/h3,5-8,15-17H,2,4,9-14,18-19H2,1H3. The van der Waals surface area contributed by atoms with Crippen LogP contribution in [0.1, 0.15) is 19.1 Å². The van der Waals surface area contributed by atoms with Crippen molar-refractivity contribution in [3.05, 3.63) is 59.3 Å². The van der Waals surface area contributed by atoms with E-state index in [1.807, 2.05) is 36.4 Å². The number of hydrogen-bond donors (Lipinski definition) is 0. The molecule has 0 atom stereocenters. The van der Waals surface area contributed by atoms with Crippen LogP contribution in [0.15, 0.2) is 53.1 Å². The first-order chi connectivity index (χ1) is 16.7. The topological polar surface area (TPSA) is 54.2 Å². The molecule has 1 fully saturated rings. The average molecular weight is 483 g/mol. The molecule has 0 spiro atoms. The van der Waals surface area contributed by atoms with Gasteiger partial charge in [0.15, 0.2) is 17.3 Å². The summed E-state index contributed by atoms with van der Waals surface area (Å²) in [4.78, 5) is 7.38. The van der Waals surface area contributed by atoms with Crippen molar-refractivity contribution in [2.24, 2.45) is 0 Å². The van der Waals surface area contributed by atoms with E-state index in [1.54, 1.807) is 0 Å². The second-order valence-corrected chi connectivity index (χ2v) is 9.21. The van der Waals surface area contributed by atoms with Crippen molar-refractivity contribution in [2.75, 3.05) is 57.5 Å². The summed E-state index contributed by atoms with van der Waals surface area (Å²) in [6.07, 6.45) is 1.13. The minimum atomic E-state index is 0.270. The molecule has 2 aliphatic heterocycles. The number of halogens is 1. The Bertz CT molecular complexity index is 1100. The maximum Gasteiger partial charge on any atom is 0.231 e. The molecule has 2 aliphatic rings. The highest BCUT2D eigenvalue weighted by Crippen LogP contribution is 2.35. The number of fused-ring (bicyclic) bond motifs is 1. The van der Waals surface area contributed by atoms with Crippen molar-refractivity contribution in [1.82, 2.24) is 15.0 Å². The molecule has 0 amide bonds. The number of benzene rings is 2. The van der Waals surface area contributed by atoms with Gasteiger partial charge in [-0.1, -0.05) is 29.7 Å². The molecule has 7 nitrogen and oxygen atoms in total. The number of hydrogen-bond acceptors (Lipinski definition) is 7. The number of rotatable bonds is 9. The van der Waals surface area contributed by atoms with Gasteiger partial charge in [0.25, 0.3) is 0 Å². The lowest BCUT2D eigenvalue weighted by Crippen LogP contribution is -2.47. The first-order valence-corrected chi connectivity index (χ1v) is 12.4. The van der Waals surface area contributed by atoms with Crippen LogP contribution in [0.3, 0.4) is 0 Å². The van der Waals surface area contributed by atoms with Crippen molar-refractivity contribution >= 4 is 17.3 Å². The summed E-state index contributed by atoms with van der Waals surface area (Å²) >= 11 is 6.15. The molecule has 3 heterocycles. The maximum atomic E-state index is 6.15. The molecule has 2 aromatic carbocycles. The Kier molecular flexibility index (Phi) is 7.23. The van der Waals surface area contributed by atoms with Crippen LogP contribution in [-0.4, -0.2) is 67.6 Å². The van der Waals surface area contributed by atoms with E-state index in [2.05, 4.69) is 38.9 Å². The zero-order valence-electron chi connectivity index (χ0n) is 19.6. The van der Waals surface area contributed by atoms with Gasteiger partial charge < -0.3 is 18.9 Å². The van der Waals surface area contributed by atoms with E-state index in [1.165, 1.54) is 5.69 Å². The second-order valence-electron chi connectivity index (χ2n) is 8.78. The van der Waals surface area contributed by atoms with E-state index in [0.717, 1.165) is 92.3 Å². The van der Waals surface area contributed by atoms with Crippen molar-refractivity contribution < 1.29 is 14.0 Å². The summed E-state index contributed by atoms with van der Waals surface area (Å²) < 4.78 is 16.5. The van der Waals surface area contributed by atoms with Crippen LogP contribution < -0.4 is 14.4 Å². The Morgan fingerprint density at radius 3 is 2.68 bits per heavy atom. The van der Waals surface area contributed by atoms with Crippen LogP contribution in [0.2, 0.25) is 5.02 Å². The molecule has 0 saturated carbocycles. The lowest BCUT2D eigenvalue weighted by Gasteiger charge is -2.36. The predicted octanol–water partition coefficient (Wildman–Crippen LogP) is 4.76. The van der Waals surface area contributed by atoms with E-state index < -0.39 is 0 Å². The van der Waals surface area contributed by atoms with Crippen LogP contribution in [-0.2, 0) is 6.54 Å². The molecular weight excluding hydrogens is 452 g/mol. The number of nitrogens with zero attached hydrogens (tertiary/aromatic N) is 4. The second kappa shape index (κ2) is 10.7. The van der Waals surface area contributed by atoms with Crippen LogP contribution in [0, 0.1) is 0 Å². The zero-order valence-corrected chi connectivity index (χ0v) is 20.3. The minimum absolute atomic E-state index is 0.270. The van der Waals surface area contributed by atoms with Gasteiger partial charge in [-0.05, 0) is 62.5 Å². The molecule has 0 radical (unpaired) electrons. The number of aromatic nitrogens is 1. The van der Waals surface area contributed by atoms with Gasteiger partial charge in [0.2, 0.25) is 6.79 Å². The summed E-state index contributed by atoms with van der Waals surface area (Å²) in [5.74, 6) is 2.41. The summed E-state index contributed by atoms with van der Waals surface area (Å²) in [5.41, 5.74) is 3.01. The van der Waals surface area contributed by atoms with Crippen molar-refractivity contribution in [2.45, 2.75) is 19.9 Å². The van der Waals surface area contributed by atoms with Crippen molar-refractivity contribution in [3.63, 3.8) is 0 Å². The van der Waals surface area contributed by atoms with Crippen LogP contribution in [0.4, 0.5) is 5.69 Å². The summed E-state index contributed by atoms with van der Waals surface area (Å²) in [6.45, 7) is 10.6.